The van der Waals surface area contributed by atoms with Gasteiger partial charge in [-0.15, -0.1) is 0 Å². The van der Waals surface area contributed by atoms with E-state index in [1.165, 1.54) is 0 Å². The van der Waals surface area contributed by atoms with Gasteiger partial charge < -0.3 is 10.2 Å². The van der Waals surface area contributed by atoms with Gasteiger partial charge in [-0.1, -0.05) is 32.8 Å². The molecule has 0 saturated heterocycles. The number of rotatable bonds is 7. The van der Waals surface area contributed by atoms with Gasteiger partial charge in [0.15, 0.2) is 0 Å². The summed E-state index contributed by atoms with van der Waals surface area (Å²) in [5.74, 6) is -1.11. The van der Waals surface area contributed by atoms with Gasteiger partial charge in [0.05, 0.1) is 0 Å². The van der Waals surface area contributed by atoms with Gasteiger partial charge in [0, 0.05) is 19.5 Å². The number of phenols is 1. The SMILES string of the molecule is CCCCc1cc(CCCC)c(O)c(C(=O)O)c1.[Zn]. The van der Waals surface area contributed by atoms with Crippen LogP contribution in [0, 0.1) is 0 Å². The van der Waals surface area contributed by atoms with E-state index in [1.807, 2.05) is 6.07 Å². The Morgan fingerprint density at radius 3 is 2.21 bits per heavy atom. The van der Waals surface area contributed by atoms with E-state index in [-0.39, 0.29) is 30.8 Å². The third-order valence-electron chi connectivity index (χ3n) is 3.10. The van der Waals surface area contributed by atoms with E-state index < -0.39 is 5.97 Å². The topological polar surface area (TPSA) is 57.5 Å². The third-order valence-corrected chi connectivity index (χ3v) is 3.10. The quantitative estimate of drug-likeness (QED) is 0.753. The van der Waals surface area contributed by atoms with Crippen molar-refractivity contribution in [1.82, 2.24) is 0 Å². The van der Waals surface area contributed by atoms with Gasteiger partial charge in [0.25, 0.3) is 0 Å². The molecular weight excluding hydrogens is 294 g/mol. The fourth-order valence-corrected chi connectivity index (χ4v) is 2.01. The number of hydrogen-bond acceptors (Lipinski definition) is 2. The Morgan fingerprint density at radius 2 is 1.68 bits per heavy atom. The van der Waals surface area contributed by atoms with Crippen LogP contribution in [0.4, 0.5) is 0 Å². The second-order valence-electron chi connectivity index (χ2n) is 4.66. The Balaban J connectivity index is 0.00000324. The van der Waals surface area contributed by atoms with Crippen LogP contribution >= 0.6 is 0 Å². The molecular formula is C15H22O3Zn. The molecule has 0 bridgehead atoms. The van der Waals surface area contributed by atoms with Crippen LogP contribution in [-0.4, -0.2) is 16.2 Å². The van der Waals surface area contributed by atoms with Gasteiger partial charge >= 0.3 is 5.97 Å². The predicted molar refractivity (Wildman–Crippen MR) is 72.3 cm³/mol. The normalized spacial score (nSPS) is 10.0. The molecule has 0 aromatic heterocycles. The van der Waals surface area contributed by atoms with E-state index in [9.17, 15) is 9.90 Å². The molecule has 0 radical (unpaired) electrons. The van der Waals surface area contributed by atoms with Crippen LogP contribution in [0.5, 0.6) is 5.75 Å². The third kappa shape index (κ3) is 5.32. The van der Waals surface area contributed by atoms with Gasteiger partial charge in [-0.25, -0.2) is 4.79 Å². The van der Waals surface area contributed by atoms with E-state index in [0.29, 0.717) is 0 Å². The van der Waals surface area contributed by atoms with Crippen molar-refractivity contribution in [2.24, 2.45) is 0 Å². The minimum Gasteiger partial charge on any atom is -0.507 e. The number of carboxylic acids is 1. The first-order valence-corrected chi connectivity index (χ1v) is 6.68. The van der Waals surface area contributed by atoms with E-state index >= 15 is 0 Å². The zero-order valence-corrected chi connectivity index (χ0v) is 14.9. The van der Waals surface area contributed by atoms with Crippen molar-refractivity contribution in [3.8, 4) is 5.75 Å². The van der Waals surface area contributed by atoms with E-state index in [4.69, 9.17) is 5.11 Å². The second kappa shape index (κ2) is 9.09. The summed E-state index contributed by atoms with van der Waals surface area (Å²) in [6.07, 6.45) is 5.72. The summed E-state index contributed by atoms with van der Waals surface area (Å²) in [7, 11) is 0. The molecule has 0 spiro atoms. The molecule has 0 unspecified atom stereocenters. The number of carbonyl (C=O) groups is 1. The molecule has 1 rings (SSSR count). The average Bonchev–Trinajstić information content (AvgIpc) is 2.35. The molecule has 4 heteroatoms. The molecule has 1 aromatic rings. The Bertz CT molecular complexity index is 416. The predicted octanol–water partition coefficient (Wildman–Crippen LogP) is 3.77. The second-order valence-corrected chi connectivity index (χ2v) is 4.66. The van der Waals surface area contributed by atoms with Crippen molar-refractivity contribution in [2.75, 3.05) is 0 Å². The van der Waals surface area contributed by atoms with Crippen LogP contribution in [0.2, 0.25) is 0 Å². The number of hydrogen-bond donors (Lipinski definition) is 2. The maximum absolute atomic E-state index is 11.1. The molecule has 0 saturated carbocycles. The molecule has 0 heterocycles. The summed E-state index contributed by atoms with van der Waals surface area (Å²) in [6.45, 7) is 4.19. The smallest absolute Gasteiger partial charge is 0.339 e. The molecule has 0 fully saturated rings. The zero-order chi connectivity index (χ0) is 13.5. The molecule has 0 aliphatic carbocycles. The fourth-order valence-electron chi connectivity index (χ4n) is 2.01. The minimum absolute atomic E-state index is 0. The summed E-state index contributed by atoms with van der Waals surface area (Å²) in [4.78, 5) is 11.1. The summed E-state index contributed by atoms with van der Waals surface area (Å²) in [5, 5.41) is 19.1. The molecule has 0 aliphatic heterocycles. The summed E-state index contributed by atoms with van der Waals surface area (Å²) >= 11 is 0. The van der Waals surface area contributed by atoms with Crippen molar-refractivity contribution < 1.29 is 34.5 Å². The van der Waals surface area contributed by atoms with Gasteiger partial charge in [-0.05, 0) is 42.9 Å². The van der Waals surface area contributed by atoms with Crippen LogP contribution in [0.25, 0.3) is 0 Å². The molecule has 0 atom stereocenters. The van der Waals surface area contributed by atoms with E-state index in [1.54, 1.807) is 6.07 Å². The molecule has 2 N–H and O–H groups in total. The van der Waals surface area contributed by atoms with Gasteiger partial charge in [0.1, 0.15) is 11.3 Å². The van der Waals surface area contributed by atoms with Crippen molar-refractivity contribution in [3.63, 3.8) is 0 Å². The maximum atomic E-state index is 11.1. The number of unbranched alkanes of at least 4 members (excludes halogenated alkanes) is 2. The van der Waals surface area contributed by atoms with Crippen molar-refractivity contribution in [1.29, 1.82) is 0 Å². The fraction of sp³-hybridized carbons (Fsp3) is 0.533. The van der Waals surface area contributed by atoms with Crippen LogP contribution in [0.1, 0.15) is 61.0 Å². The van der Waals surface area contributed by atoms with E-state index in [2.05, 4.69) is 13.8 Å². The molecule has 0 aliphatic rings. The Kier molecular flexibility index (Phi) is 8.66. The molecule has 3 nitrogen and oxygen atoms in total. The number of aromatic carboxylic acids is 1. The first-order chi connectivity index (χ1) is 8.60. The van der Waals surface area contributed by atoms with Crippen molar-refractivity contribution in [2.45, 2.75) is 52.4 Å². The van der Waals surface area contributed by atoms with Gasteiger partial charge in [0.2, 0.25) is 0 Å². The van der Waals surface area contributed by atoms with Crippen LogP contribution < -0.4 is 0 Å². The molecule has 19 heavy (non-hydrogen) atoms. The number of aryl methyl sites for hydroxylation is 2. The Hall–Kier alpha value is -0.887. The Labute approximate surface area is 127 Å². The van der Waals surface area contributed by atoms with Gasteiger partial charge in [-0.3, -0.25) is 0 Å². The first-order valence-electron chi connectivity index (χ1n) is 6.68. The van der Waals surface area contributed by atoms with Crippen LogP contribution in [0.3, 0.4) is 0 Å². The largest absolute Gasteiger partial charge is 0.507 e. The van der Waals surface area contributed by atoms with E-state index in [0.717, 1.165) is 49.7 Å². The first kappa shape index (κ1) is 18.1. The summed E-state index contributed by atoms with van der Waals surface area (Å²) < 4.78 is 0. The molecule has 1 aromatic carbocycles. The van der Waals surface area contributed by atoms with Crippen molar-refractivity contribution >= 4 is 5.97 Å². The number of benzene rings is 1. The van der Waals surface area contributed by atoms with Crippen LogP contribution in [0.15, 0.2) is 12.1 Å². The van der Waals surface area contributed by atoms with Crippen LogP contribution in [-0.2, 0) is 32.3 Å². The standard InChI is InChI=1S/C15H22O3.Zn/c1-3-5-7-11-9-12(8-6-4-2)14(16)13(10-11)15(17)18;/h9-10,16H,3-8H2,1-2H3,(H,17,18);. The zero-order valence-electron chi connectivity index (χ0n) is 11.9. The van der Waals surface area contributed by atoms with Crippen molar-refractivity contribution in [3.05, 3.63) is 28.8 Å². The number of carboxylic acid groups (broad SMARTS) is 1. The minimum atomic E-state index is -1.05. The summed E-state index contributed by atoms with van der Waals surface area (Å²) in [6, 6.07) is 3.55. The average molecular weight is 316 g/mol. The Morgan fingerprint density at radius 1 is 1.11 bits per heavy atom. The summed E-state index contributed by atoms with van der Waals surface area (Å²) in [5.41, 5.74) is 1.82. The van der Waals surface area contributed by atoms with Gasteiger partial charge in [-0.2, -0.15) is 0 Å². The monoisotopic (exact) mass is 314 g/mol. The number of aromatic hydroxyl groups is 1. The molecule has 0 amide bonds. The maximum Gasteiger partial charge on any atom is 0.339 e. The molecule has 102 valence electrons.